The van der Waals surface area contributed by atoms with Gasteiger partial charge < -0.3 is 5.32 Å². The first kappa shape index (κ1) is 11.2. The molecule has 15 heavy (non-hydrogen) atoms. The molecule has 1 aliphatic heterocycles. The molecule has 0 saturated carbocycles. The number of aromatic nitrogens is 2. The van der Waals surface area contributed by atoms with Gasteiger partial charge in [-0.05, 0) is 44.0 Å². The molecular weight excluding hydrogens is 230 g/mol. The number of hydrogen-bond acceptors (Lipinski definition) is 4. The summed E-state index contributed by atoms with van der Waals surface area (Å²) in [6, 6.07) is 3.71. The first-order valence-corrected chi connectivity index (χ1v) is 6.54. The van der Waals surface area contributed by atoms with E-state index in [-0.39, 0.29) is 0 Å². The number of thioether (sulfide) groups is 1. The predicted molar refractivity (Wildman–Crippen MR) is 63.4 cm³/mol. The van der Waals surface area contributed by atoms with Gasteiger partial charge in [-0.15, -0.1) is 22.0 Å². The molecule has 2 rings (SSSR count). The summed E-state index contributed by atoms with van der Waals surface area (Å²) in [5, 5.41) is 12.7. The van der Waals surface area contributed by atoms with Gasteiger partial charge in [0.2, 0.25) is 0 Å². The van der Waals surface area contributed by atoms with Gasteiger partial charge in [-0.25, -0.2) is 0 Å². The van der Waals surface area contributed by atoms with E-state index in [1.54, 1.807) is 17.8 Å². The average Bonchev–Trinajstić information content (AvgIpc) is 2.30. The predicted octanol–water partition coefficient (Wildman–Crippen LogP) is 2.22. The fourth-order valence-corrected chi connectivity index (χ4v) is 2.70. The van der Waals surface area contributed by atoms with Gasteiger partial charge in [0, 0.05) is 5.75 Å². The molecule has 1 N–H and O–H groups in total. The lowest BCUT2D eigenvalue weighted by molar-refractivity contribution is 0.410. The summed E-state index contributed by atoms with van der Waals surface area (Å²) in [4.78, 5) is 0. The summed E-state index contributed by atoms with van der Waals surface area (Å²) in [6.45, 7) is 2.30. The second-order valence-corrected chi connectivity index (χ2v) is 5.15. The Kier molecular flexibility index (Phi) is 4.23. The maximum absolute atomic E-state index is 5.67. The van der Waals surface area contributed by atoms with Gasteiger partial charge >= 0.3 is 0 Å². The summed E-state index contributed by atoms with van der Waals surface area (Å²) in [6.07, 6.45) is 2.61. The third kappa shape index (κ3) is 3.63. The second-order valence-electron chi connectivity index (χ2n) is 3.72. The molecule has 0 bridgehead atoms. The minimum atomic E-state index is 0.457. The van der Waals surface area contributed by atoms with Crippen LogP contribution >= 0.6 is 23.4 Å². The molecule has 0 amide bonds. The zero-order chi connectivity index (χ0) is 10.5. The van der Waals surface area contributed by atoms with Crippen LogP contribution in [-0.2, 0) is 0 Å². The first-order chi connectivity index (χ1) is 7.34. The number of nitrogens with one attached hydrogen (secondary N) is 1. The summed E-state index contributed by atoms with van der Waals surface area (Å²) < 4.78 is 0. The van der Waals surface area contributed by atoms with Crippen LogP contribution < -0.4 is 5.32 Å². The molecular formula is C10H14ClN3S. The summed E-state index contributed by atoms with van der Waals surface area (Å²) in [7, 11) is 0. The molecule has 0 radical (unpaired) electrons. The zero-order valence-corrected chi connectivity index (χ0v) is 10.0. The average molecular weight is 244 g/mol. The van der Waals surface area contributed by atoms with E-state index >= 15 is 0 Å². The summed E-state index contributed by atoms with van der Waals surface area (Å²) in [5.41, 5.74) is 0. The van der Waals surface area contributed by atoms with Crippen molar-refractivity contribution in [2.24, 2.45) is 5.92 Å². The van der Waals surface area contributed by atoms with E-state index < -0.39 is 0 Å². The van der Waals surface area contributed by atoms with Crippen molar-refractivity contribution in [3.8, 4) is 0 Å². The van der Waals surface area contributed by atoms with Crippen molar-refractivity contribution in [2.45, 2.75) is 17.9 Å². The largest absolute Gasteiger partial charge is 0.316 e. The third-order valence-electron chi connectivity index (χ3n) is 2.47. The van der Waals surface area contributed by atoms with Gasteiger partial charge in [-0.2, -0.15) is 0 Å². The Labute approximate surface area is 99.0 Å². The fourth-order valence-electron chi connectivity index (χ4n) is 1.65. The molecule has 1 fully saturated rings. The minimum Gasteiger partial charge on any atom is -0.316 e. The first-order valence-electron chi connectivity index (χ1n) is 5.17. The molecule has 5 heteroatoms. The monoisotopic (exact) mass is 243 g/mol. The second kappa shape index (κ2) is 5.68. The molecule has 0 spiro atoms. The van der Waals surface area contributed by atoms with Gasteiger partial charge in [-0.3, -0.25) is 0 Å². The number of piperidine rings is 1. The molecule has 1 saturated heterocycles. The van der Waals surface area contributed by atoms with Gasteiger partial charge in [-0.1, -0.05) is 11.6 Å². The molecule has 0 aromatic carbocycles. The highest BCUT2D eigenvalue weighted by Gasteiger charge is 2.13. The van der Waals surface area contributed by atoms with Crippen LogP contribution in [0.5, 0.6) is 0 Å². The number of nitrogens with zero attached hydrogens (tertiary/aromatic N) is 2. The fraction of sp³-hybridized carbons (Fsp3) is 0.600. The third-order valence-corrected chi connectivity index (χ3v) is 3.83. The minimum absolute atomic E-state index is 0.457. The van der Waals surface area contributed by atoms with Crippen LogP contribution in [0.1, 0.15) is 12.8 Å². The van der Waals surface area contributed by atoms with E-state index in [2.05, 4.69) is 15.5 Å². The van der Waals surface area contributed by atoms with Gasteiger partial charge in [0.15, 0.2) is 5.15 Å². The van der Waals surface area contributed by atoms with Gasteiger partial charge in [0.25, 0.3) is 0 Å². The van der Waals surface area contributed by atoms with E-state index in [1.807, 2.05) is 6.07 Å². The number of halogens is 1. The van der Waals surface area contributed by atoms with Crippen LogP contribution in [0.3, 0.4) is 0 Å². The van der Waals surface area contributed by atoms with Crippen LogP contribution in [0.4, 0.5) is 0 Å². The highest BCUT2D eigenvalue weighted by molar-refractivity contribution is 7.99. The maximum Gasteiger partial charge on any atom is 0.151 e. The van der Waals surface area contributed by atoms with Crippen molar-refractivity contribution in [2.75, 3.05) is 18.8 Å². The van der Waals surface area contributed by atoms with Crippen molar-refractivity contribution in [1.29, 1.82) is 0 Å². The van der Waals surface area contributed by atoms with Gasteiger partial charge in [0.1, 0.15) is 5.03 Å². The number of rotatable bonds is 3. The molecule has 2 heterocycles. The summed E-state index contributed by atoms with van der Waals surface area (Å²) in [5.74, 6) is 1.88. The molecule has 82 valence electrons. The Balaban J connectivity index is 1.79. The normalized spacial score (nSPS) is 21.5. The van der Waals surface area contributed by atoms with Crippen molar-refractivity contribution in [3.05, 3.63) is 17.3 Å². The standard InChI is InChI=1S/C10H14ClN3S/c11-9-3-4-10(14-13-9)15-7-8-2-1-5-12-6-8/h3-4,8,12H,1-2,5-7H2. The Morgan fingerprint density at radius 3 is 3.07 bits per heavy atom. The molecule has 1 unspecified atom stereocenters. The number of hydrogen-bond donors (Lipinski definition) is 1. The highest BCUT2D eigenvalue weighted by Crippen LogP contribution is 2.22. The van der Waals surface area contributed by atoms with Crippen molar-refractivity contribution < 1.29 is 0 Å². The molecule has 1 aromatic heterocycles. The van der Waals surface area contributed by atoms with Crippen LogP contribution in [0.2, 0.25) is 5.15 Å². The Morgan fingerprint density at radius 2 is 2.40 bits per heavy atom. The lowest BCUT2D eigenvalue weighted by atomic mass is 10.0. The quantitative estimate of drug-likeness (QED) is 0.827. The van der Waals surface area contributed by atoms with E-state index in [0.29, 0.717) is 5.15 Å². The van der Waals surface area contributed by atoms with Crippen LogP contribution in [-0.4, -0.2) is 29.0 Å². The van der Waals surface area contributed by atoms with Gasteiger partial charge in [0.05, 0.1) is 0 Å². The van der Waals surface area contributed by atoms with Crippen molar-refractivity contribution in [1.82, 2.24) is 15.5 Å². The molecule has 3 nitrogen and oxygen atoms in total. The van der Waals surface area contributed by atoms with E-state index in [4.69, 9.17) is 11.6 Å². The molecule has 1 atom stereocenters. The molecule has 1 aromatic rings. The van der Waals surface area contributed by atoms with E-state index in [9.17, 15) is 0 Å². The summed E-state index contributed by atoms with van der Waals surface area (Å²) >= 11 is 7.43. The van der Waals surface area contributed by atoms with E-state index in [1.165, 1.54) is 19.4 Å². The van der Waals surface area contributed by atoms with Crippen LogP contribution in [0.25, 0.3) is 0 Å². The zero-order valence-electron chi connectivity index (χ0n) is 8.45. The molecule has 1 aliphatic rings. The Hall–Kier alpha value is -0.320. The van der Waals surface area contributed by atoms with Crippen molar-refractivity contribution >= 4 is 23.4 Å². The van der Waals surface area contributed by atoms with Crippen LogP contribution in [0.15, 0.2) is 17.2 Å². The van der Waals surface area contributed by atoms with E-state index in [0.717, 1.165) is 23.2 Å². The maximum atomic E-state index is 5.67. The Morgan fingerprint density at radius 1 is 1.47 bits per heavy atom. The SMILES string of the molecule is Clc1ccc(SCC2CCCNC2)nn1. The lowest BCUT2D eigenvalue weighted by Gasteiger charge is -2.21. The Bertz CT molecular complexity index is 298. The van der Waals surface area contributed by atoms with Crippen LogP contribution in [0, 0.1) is 5.92 Å². The highest BCUT2D eigenvalue weighted by atomic mass is 35.5. The molecule has 0 aliphatic carbocycles. The van der Waals surface area contributed by atoms with Crippen molar-refractivity contribution in [3.63, 3.8) is 0 Å². The smallest absolute Gasteiger partial charge is 0.151 e. The lowest BCUT2D eigenvalue weighted by Crippen LogP contribution is -2.30. The topological polar surface area (TPSA) is 37.8 Å².